The summed E-state index contributed by atoms with van der Waals surface area (Å²) in [5.41, 5.74) is 2.14. The van der Waals surface area contributed by atoms with Crippen molar-refractivity contribution in [1.29, 1.82) is 0 Å². The number of aromatic nitrogens is 1. The van der Waals surface area contributed by atoms with Gasteiger partial charge < -0.3 is 19.7 Å². The van der Waals surface area contributed by atoms with Crippen LogP contribution in [0.3, 0.4) is 0 Å². The summed E-state index contributed by atoms with van der Waals surface area (Å²) in [4.78, 5) is 23.0. The summed E-state index contributed by atoms with van der Waals surface area (Å²) < 4.78 is 42.9. The number of aryl methyl sites for hydroxylation is 2. The number of ether oxygens (including phenoxy) is 1. The summed E-state index contributed by atoms with van der Waals surface area (Å²) in [6.07, 6.45) is -3.25. The van der Waals surface area contributed by atoms with Gasteiger partial charge in [0, 0.05) is 25.7 Å². The third kappa shape index (κ3) is 5.44. The molecule has 1 aromatic rings. The van der Waals surface area contributed by atoms with E-state index in [0.717, 1.165) is 43.9 Å². The highest BCUT2D eigenvalue weighted by molar-refractivity contribution is 5.80. The Bertz CT molecular complexity index is 687. The maximum absolute atomic E-state index is 11.7. The van der Waals surface area contributed by atoms with Crippen LogP contribution in [0.5, 0.6) is 0 Å². The van der Waals surface area contributed by atoms with Crippen molar-refractivity contribution in [2.45, 2.75) is 51.6 Å². The Kier molecular flexibility index (Phi) is 7.05. The van der Waals surface area contributed by atoms with Crippen molar-refractivity contribution >= 4 is 11.9 Å². The number of rotatable bonds is 3. The second-order valence-corrected chi connectivity index (χ2v) is 6.90. The van der Waals surface area contributed by atoms with E-state index in [1.54, 1.807) is 7.05 Å². The Morgan fingerprint density at radius 3 is 2.50 bits per heavy atom. The molecule has 0 spiro atoms. The largest absolute Gasteiger partial charge is 0.490 e. The molecule has 3 rings (SSSR count). The molecule has 3 atom stereocenters. The van der Waals surface area contributed by atoms with Crippen LogP contribution >= 0.6 is 0 Å². The minimum absolute atomic E-state index is 0.00155. The second-order valence-electron chi connectivity index (χ2n) is 6.90. The molecule has 0 unspecified atom stereocenters. The number of hydrogen-bond acceptors (Lipinski definition) is 6. The van der Waals surface area contributed by atoms with Crippen molar-refractivity contribution in [2.24, 2.45) is 5.92 Å². The number of carboxylic acids is 1. The lowest BCUT2D eigenvalue weighted by Crippen LogP contribution is -2.42. The Balaban J connectivity index is 0.000000345. The molecule has 0 radical (unpaired) electrons. The fraction of sp³-hybridized carbons (Fsp3) is 0.706. The standard InChI is InChI=1S/C15H23N3O3.C2HF3O2/c1-9-12(10(2)21-17-9)7-18-5-4-11-6-13(15(19)16-3)20-14(11)8-18;3-2(4,5)1(6)7/h11,13-14H,4-8H2,1-3H3,(H,16,19);(H,6,7)/t11-,13+,14-;/m0./s1. The van der Waals surface area contributed by atoms with E-state index >= 15 is 0 Å². The number of hydrogen-bond donors (Lipinski definition) is 2. The van der Waals surface area contributed by atoms with E-state index < -0.39 is 12.1 Å². The zero-order valence-electron chi connectivity index (χ0n) is 15.9. The molecule has 2 fully saturated rings. The molecule has 158 valence electrons. The van der Waals surface area contributed by atoms with Gasteiger partial charge in [-0.15, -0.1) is 0 Å². The van der Waals surface area contributed by atoms with Crippen molar-refractivity contribution in [3.8, 4) is 0 Å². The van der Waals surface area contributed by atoms with Gasteiger partial charge in [-0.05, 0) is 39.2 Å². The van der Waals surface area contributed by atoms with Crippen LogP contribution < -0.4 is 5.32 Å². The highest BCUT2D eigenvalue weighted by Crippen LogP contribution is 2.34. The van der Waals surface area contributed by atoms with Gasteiger partial charge in [0.15, 0.2) is 0 Å². The fourth-order valence-electron chi connectivity index (χ4n) is 3.42. The van der Waals surface area contributed by atoms with Crippen LogP contribution in [0.15, 0.2) is 4.52 Å². The first-order valence-electron chi connectivity index (χ1n) is 8.84. The zero-order chi connectivity index (χ0) is 21.1. The average Bonchev–Trinajstić information content (AvgIpc) is 3.18. The van der Waals surface area contributed by atoms with Gasteiger partial charge in [-0.1, -0.05) is 5.16 Å². The zero-order valence-corrected chi connectivity index (χ0v) is 15.9. The lowest BCUT2D eigenvalue weighted by molar-refractivity contribution is -0.192. The second kappa shape index (κ2) is 8.91. The Morgan fingerprint density at radius 2 is 2.00 bits per heavy atom. The molecule has 0 saturated carbocycles. The van der Waals surface area contributed by atoms with Gasteiger partial charge in [-0.2, -0.15) is 13.2 Å². The number of nitrogens with zero attached hydrogens (tertiary/aromatic N) is 2. The van der Waals surface area contributed by atoms with Crippen LogP contribution in [-0.2, 0) is 20.9 Å². The summed E-state index contributed by atoms with van der Waals surface area (Å²) in [6, 6.07) is 0. The van der Waals surface area contributed by atoms with E-state index in [2.05, 4.69) is 15.4 Å². The highest BCUT2D eigenvalue weighted by atomic mass is 19.4. The quantitative estimate of drug-likeness (QED) is 0.785. The molecule has 2 aliphatic rings. The average molecular weight is 407 g/mol. The molecule has 2 N–H and O–H groups in total. The number of alkyl halides is 3. The molecule has 0 aromatic carbocycles. The van der Waals surface area contributed by atoms with Crippen molar-refractivity contribution < 1.29 is 37.1 Å². The summed E-state index contributed by atoms with van der Waals surface area (Å²) in [6.45, 7) is 6.69. The van der Waals surface area contributed by atoms with E-state index in [9.17, 15) is 18.0 Å². The normalized spacial score (nSPS) is 24.9. The van der Waals surface area contributed by atoms with Crippen molar-refractivity contribution in [1.82, 2.24) is 15.4 Å². The number of carbonyl (C=O) groups is 2. The number of nitrogens with one attached hydrogen (secondary N) is 1. The number of carbonyl (C=O) groups excluding carboxylic acids is 1. The van der Waals surface area contributed by atoms with Crippen molar-refractivity contribution in [3.63, 3.8) is 0 Å². The number of halogens is 3. The van der Waals surface area contributed by atoms with Gasteiger partial charge in [-0.3, -0.25) is 9.69 Å². The third-order valence-electron chi connectivity index (χ3n) is 4.98. The molecule has 8 nitrogen and oxygen atoms in total. The molecular formula is C17H24F3N3O5. The third-order valence-corrected chi connectivity index (χ3v) is 4.98. The molecule has 28 heavy (non-hydrogen) atoms. The van der Waals surface area contributed by atoms with Crippen LogP contribution in [0.25, 0.3) is 0 Å². The van der Waals surface area contributed by atoms with Crippen LogP contribution in [0, 0.1) is 19.8 Å². The van der Waals surface area contributed by atoms with Gasteiger partial charge in [-0.25, -0.2) is 4.79 Å². The molecule has 11 heteroatoms. The summed E-state index contributed by atoms with van der Waals surface area (Å²) in [5, 5.41) is 13.8. The van der Waals surface area contributed by atoms with E-state index in [4.69, 9.17) is 19.2 Å². The number of aliphatic carboxylic acids is 1. The van der Waals surface area contributed by atoms with Crippen molar-refractivity contribution in [2.75, 3.05) is 20.1 Å². The number of likely N-dealkylation sites (N-methyl/N-ethyl adjacent to an activating group) is 1. The number of amides is 1. The molecule has 1 amide bonds. The predicted octanol–water partition coefficient (Wildman–Crippen LogP) is 1.65. The summed E-state index contributed by atoms with van der Waals surface area (Å²) >= 11 is 0. The molecule has 2 saturated heterocycles. The Labute approximate surface area is 160 Å². The van der Waals surface area contributed by atoms with Gasteiger partial charge in [0.25, 0.3) is 0 Å². The molecular weight excluding hydrogens is 383 g/mol. The maximum atomic E-state index is 11.7. The van der Waals surface area contributed by atoms with Crippen LogP contribution in [0.4, 0.5) is 13.2 Å². The summed E-state index contributed by atoms with van der Waals surface area (Å²) in [5.74, 6) is -1.35. The van der Waals surface area contributed by atoms with E-state index in [-0.39, 0.29) is 18.1 Å². The van der Waals surface area contributed by atoms with Crippen molar-refractivity contribution in [3.05, 3.63) is 17.0 Å². The van der Waals surface area contributed by atoms with Gasteiger partial charge in [0.1, 0.15) is 11.9 Å². The topological polar surface area (TPSA) is 105 Å². The molecule has 3 heterocycles. The van der Waals surface area contributed by atoms with Crippen LogP contribution in [0.1, 0.15) is 29.9 Å². The first kappa shape index (κ1) is 22.2. The Hall–Kier alpha value is -2.14. The van der Waals surface area contributed by atoms with Crippen LogP contribution in [0.2, 0.25) is 0 Å². The highest BCUT2D eigenvalue weighted by Gasteiger charge is 2.41. The maximum Gasteiger partial charge on any atom is 0.490 e. The SMILES string of the molecule is CNC(=O)[C@H]1C[C@@H]2CCN(Cc3c(C)noc3C)C[C@@H]2O1.O=C(O)C(F)(F)F. The lowest BCUT2D eigenvalue weighted by Gasteiger charge is -2.33. The van der Waals surface area contributed by atoms with E-state index in [1.165, 1.54) is 5.56 Å². The van der Waals surface area contributed by atoms with E-state index in [0.29, 0.717) is 5.92 Å². The monoisotopic (exact) mass is 407 g/mol. The number of likely N-dealkylation sites (tertiary alicyclic amines) is 1. The smallest absolute Gasteiger partial charge is 0.475 e. The Morgan fingerprint density at radius 1 is 1.36 bits per heavy atom. The molecule has 0 aliphatic carbocycles. The molecule has 1 aromatic heterocycles. The number of carboxylic acid groups (broad SMARTS) is 1. The number of fused-ring (bicyclic) bond motifs is 1. The minimum atomic E-state index is -5.08. The minimum Gasteiger partial charge on any atom is -0.475 e. The number of piperidine rings is 1. The molecule has 2 aliphatic heterocycles. The first-order valence-corrected chi connectivity index (χ1v) is 8.84. The first-order chi connectivity index (χ1) is 13.0. The van der Waals surface area contributed by atoms with E-state index in [1.807, 2.05) is 13.8 Å². The lowest BCUT2D eigenvalue weighted by atomic mass is 9.91. The van der Waals surface area contributed by atoms with Crippen LogP contribution in [-0.4, -0.2) is 65.6 Å². The van der Waals surface area contributed by atoms with Gasteiger partial charge in [0.2, 0.25) is 5.91 Å². The fourth-order valence-corrected chi connectivity index (χ4v) is 3.42. The predicted molar refractivity (Wildman–Crippen MR) is 90.4 cm³/mol. The summed E-state index contributed by atoms with van der Waals surface area (Å²) in [7, 11) is 1.66. The molecule has 0 bridgehead atoms. The van der Waals surface area contributed by atoms with Gasteiger partial charge >= 0.3 is 12.1 Å². The van der Waals surface area contributed by atoms with Gasteiger partial charge in [0.05, 0.1) is 11.8 Å².